The van der Waals surface area contributed by atoms with E-state index in [1.165, 1.54) is 12.8 Å². The van der Waals surface area contributed by atoms with Crippen LogP contribution >= 0.6 is 0 Å². The van der Waals surface area contributed by atoms with Crippen molar-refractivity contribution >= 4 is 5.97 Å². The van der Waals surface area contributed by atoms with Crippen molar-refractivity contribution < 1.29 is 19.7 Å². The first-order valence-electron chi connectivity index (χ1n) is 8.88. The maximum atomic E-state index is 10.9. The number of unbranched alkanes of at least 4 members (excludes halogenated alkanes) is 5. The van der Waals surface area contributed by atoms with E-state index >= 15 is 0 Å². The van der Waals surface area contributed by atoms with E-state index in [-0.39, 0.29) is 0 Å². The molecule has 134 valence electrons. The van der Waals surface area contributed by atoms with Crippen LogP contribution in [0.2, 0.25) is 0 Å². The summed E-state index contributed by atoms with van der Waals surface area (Å²) in [5.41, 5.74) is 2.31. The minimum atomic E-state index is -0.913. The number of carboxylic acid groups (broad SMARTS) is 1. The Hall–Kier alpha value is -2.33. The Morgan fingerprint density at radius 1 is 0.760 bits per heavy atom. The molecule has 2 aromatic carbocycles. The Balaban J connectivity index is 1.73. The summed E-state index contributed by atoms with van der Waals surface area (Å²) < 4.78 is 5.76. The van der Waals surface area contributed by atoms with Crippen LogP contribution in [-0.2, 0) is 0 Å². The number of hydrogen-bond donors (Lipinski definition) is 2. The van der Waals surface area contributed by atoms with Gasteiger partial charge in [-0.1, -0.05) is 49.9 Å². The number of carbonyl (C=O) groups is 1. The fourth-order valence-electron chi connectivity index (χ4n) is 2.66. The SMILES string of the molecule is O=C(O)c1ccc(-c2ccc(OCCCCCCCCO)cc2)cc1. The fourth-order valence-corrected chi connectivity index (χ4v) is 2.66. The highest BCUT2D eigenvalue weighted by Crippen LogP contribution is 2.23. The Labute approximate surface area is 149 Å². The molecule has 0 aliphatic heterocycles. The van der Waals surface area contributed by atoms with Crippen molar-refractivity contribution in [1.29, 1.82) is 0 Å². The molecule has 0 fully saturated rings. The lowest BCUT2D eigenvalue weighted by Gasteiger charge is -2.08. The van der Waals surface area contributed by atoms with Crippen molar-refractivity contribution in [3.8, 4) is 16.9 Å². The molecule has 0 spiro atoms. The second-order valence-corrected chi connectivity index (χ2v) is 6.10. The molecule has 0 saturated heterocycles. The average Bonchev–Trinajstić information content (AvgIpc) is 2.64. The van der Waals surface area contributed by atoms with Crippen LogP contribution < -0.4 is 4.74 Å². The summed E-state index contributed by atoms with van der Waals surface area (Å²) in [6.45, 7) is 1.01. The van der Waals surface area contributed by atoms with E-state index < -0.39 is 5.97 Å². The van der Waals surface area contributed by atoms with Gasteiger partial charge in [0.2, 0.25) is 0 Å². The van der Waals surface area contributed by atoms with Gasteiger partial charge in [0.25, 0.3) is 0 Å². The Bertz CT molecular complexity index is 632. The number of benzene rings is 2. The first-order valence-corrected chi connectivity index (χ1v) is 8.88. The lowest BCUT2D eigenvalue weighted by atomic mass is 10.0. The largest absolute Gasteiger partial charge is 0.494 e. The fraction of sp³-hybridized carbons (Fsp3) is 0.381. The van der Waals surface area contributed by atoms with Gasteiger partial charge in [-0.2, -0.15) is 0 Å². The van der Waals surface area contributed by atoms with Crippen molar-refractivity contribution in [2.45, 2.75) is 38.5 Å². The van der Waals surface area contributed by atoms with Crippen LogP contribution in [0.15, 0.2) is 48.5 Å². The van der Waals surface area contributed by atoms with Crippen molar-refractivity contribution in [1.82, 2.24) is 0 Å². The molecule has 2 rings (SSSR count). The van der Waals surface area contributed by atoms with Crippen molar-refractivity contribution in [3.63, 3.8) is 0 Å². The summed E-state index contributed by atoms with van der Waals surface area (Å²) in [5, 5.41) is 17.6. The smallest absolute Gasteiger partial charge is 0.335 e. The van der Waals surface area contributed by atoms with Crippen LogP contribution in [0.5, 0.6) is 5.75 Å². The predicted molar refractivity (Wildman–Crippen MR) is 99.1 cm³/mol. The highest BCUT2D eigenvalue weighted by atomic mass is 16.5. The molecule has 0 radical (unpaired) electrons. The molecule has 2 aromatic rings. The maximum absolute atomic E-state index is 10.9. The van der Waals surface area contributed by atoms with Gasteiger partial charge in [-0.3, -0.25) is 0 Å². The number of hydrogen-bond acceptors (Lipinski definition) is 3. The lowest BCUT2D eigenvalue weighted by molar-refractivity contribution is 0.0697. The third-order valence-corrected chi connectivity index (χ3v) is 4.14. The van der Waals surface area contributed by atoms with Crippen LogP contribution in [0, 0.1) is 0 Å². The zero-order chi connectivity index (χ0) is 17.9. The number of carboxylic acids is 1. The normalized spacial score (nSPS) is 10.6. The average molecular weight is 342 g/mol. The number of aromatic carboxylic acids is 1. The third kappa shape index (κ3) is 6.59. The van der Waals surface area contributed by atoms with Crippen molar-refractivity contribution in [2.75, 3.05) is 13.2 Å². The van der Waals surface area contributed by atoms with E-state index in [2.05, 4.69) is 0 Å². The van der Waals surface area contributed by atoms with E-state index in [0.29, 0.717) is 18.8 Å². The highest BCUT2D eigenvalue weighted by Gasteiger charge is 2.03. The summed E-state index contributed by atoms with van der Waals surface area (Å²) in [7, 11) is 0. The van der Waals surface area contributed by atoms with Crippen LogP contribution in [0.4, 0.5) is 0 Å². The molecular formula is C21H26O4. The summed E-state index contributed by atoms with van der Waals surface area (Å²) in [6.07, 6.45) is 6.57. The molecule has 4 nitrogen and oxygen atoms in total. The molecule has 0 unspecified atom stereocenters. The van der Waals surface area contributed by atoms with Crippen LogP contribution in [0.1, 0.15) is 48.9 Å². The standard InChI is InChI=1S/C21H26O4/c22-15-5-3-1-2-4-6-16-25-20-13-11-18(12-14-20)17-7-9-19(10-8-17)21(23)24/h7-14,22H,1-6,15-16H2,(H,23,24). The summed E-state index contributed by atoms with van der Waals surface area (Å²) in [5.74, 6) is -0.0603. The molecule has 25 heavy (non-hydrogen) atoms. The highest BCUT2D eigenvalue weighted by molar-refractivity contribution is 5.88. The minimum absolute atomic E-state index is 0.292. The quantitative estimate of drug-likeness (QED) is 0.578. The van der Waals surface area contributed by atoms with Gasteiger partial charge in [0.15, 0.2) is 0 Å². The topological polar surface area (TPSA) is 66.8 Å². The lowest BCUT2D eigenvalue weighted by Crippen LogP contribution is -1.97. The van der Waals surface area contributed by atoms with Gasteiger partial charge >= 0.3 is 5.97 Å². The van der Waals surface area contributed by atoms with E-state index in [9.17, 15) is 4.79 Å². The molecule has 2 N–H and O–H groups in total. The van der Waals surface area contributed by atoms with Gasteiger partial charge in [-0.05, 0) is 48.2 Å². The molecule has 0 amide bonds. The maximum Gasteiger partial charge on any atom is 0.335 e. The zero-order valence-corrected chi connectivity index (χ0v) is 14.5. The summed E-state index contributed by atoms with van der Waals surface area (Å²) in [4.78, 5) is 10.9. The molecule has 0 heterocycles. The van der Waals surface area contributed by atoms with Gasteiger partial charge < -0.3 is 14.9 Å². The first kappa shape index (κ1) is 19.0. The van der Waals surface area contributed by atoms with Gasteiger partial charge in [0.1, 0.15) is 5.75 Å². The first-order chi connectivity index (χ1) is 12.2. The molecule has 0 aliphatic rings. The number of aliphatic hydroxyl groups is 1. The second kappa shape index (κ2) is 10.5. The van der Waals surface area contributed by atoms with E-state index in [4.69, 9.17) is 14.9 Å². The van der Waals surface area contributed by atoms with Crippen molar-refractivity contribution in [2.24, 2.45) is 0 Å². The molecule has 0 aromatic heterocycles. The number of aliphatic hydroxyl groups excluding tert-OH is 1. The van der Waals surface area contributed by atoms with E-state index in [0.717, 1.165) is 42.6 Å². The van der Waals surface area contributed by atoms with E-state index in [1.54, 1.807) is 12.1 Å². The van der Waals surface area contributed by atoms with Gasteiger partial charge in [0.05, 0.1) is 12.2 Å². The molecule has 0 bridgehead atoms. The molecule has 0 saturated carbocycles. The molecular weight excluding hydrogens is 316 g/mol. The number of ether oxygens (including phenoxy) is 1. The van der Waals surface area contributed by atoms with Crippen LogP contribution in [0.25, 0.3) is 11.1 Å². The van der Waals surface area contributed by atoms with Gasteiger partial charge in [-0.25, -0.2) is 4.79 Å². The zero-order valence-electron chi connectivity index (χ0n) is 14.5. The molecule has 0 aliphatic carbocycles. The Morgan fingerprint density at radius 2 is 1.28 bits per heavy atom. The summed E-state index contributed by atoms with van der Waals surface area (Å²) in [6, 6.07) is 14.7. The third-order valence-electron chi connectivity index (χ3n) is 4.14. The van der Waals surface area contributed by atoms with Gasteiger partial charge in [-0.15, -0.1) is 0 Å². The Kier molecular flexibility index (Phi) is 7.99. The van der Waals surface area contributed by atoms with Crippen molar-refractivity contribution in [3.05, 3.63) is 54.1 Å². The van der Waals surface area contributed by atoms with Crippen LogP contribution in [0.3, 0.4) is 0 Å². The summed E-state index contributed by atoms with van der Waals surface area (Å²) >= 11 is 0. The molecule has 0 atom stereocenters. The van der Waals surface area contributed by atoms with Crippen LogP contribution in [-0.4, -0.2) is 29.4 Å². The predicted octanol–water partition coefficient (Wildman–Crippen LogP) is 4.76. The number of rotatable bonds is 11. The molecule has 4 heteroatoms. The van der Waals surface area contributed by atoms with Gasteiger partial charge in [0, 0.05) is 6.61 Å². The monoisotopic (exact) mass is 342 g/mol. The second-order valence-electron chi connectivity index (χ2n) is 6.10. The van der Waals surface area contributed by atoms with E-state index in [1.807, 2.05) is 36.4 Å². The Morgan fingerprint density at radius 3 is 1.84 bits per heavy atom. The minimum Gasteiger partial charge on any atom is -0.494 e.